The number of halogens is 1. The Kier molecular flexibility index (Phi) is 4.38. The smallest absolute Gasteiger partial charge is 0.214 e. The number of alkyl halides is 1. The first-order chi connectivity index (χ1) is 9.86. The molecule has 0 N–H and O–H groups in total. The predicted octanol–water partition coefficient (Wildman–Crippen LogP) is 3.78. The van der Waals surface area contributed by atoms with Crippen molar-refractivity contribution in [2.75, 3.05) is 19.8 Å². The molecule has 3 rings (SSSR count). The van der Waals surface area contributed by atoms with E-state index in [0.717, 1.165) is 42.5 Å². The maximum atomic E-state index is 6.03. The molecule has 1 aromatic carbocycles. The zero-order valence-electron chi connectivity index (χ0n) is 11.3. The second-order valence-electron chi connectivity index (χ2n) is 5.14. The number of nitrogens with zero attached hydrogens (tertiary/aromatic N) is 1. The standard InChI is InChI=1S/C16H18ClNO2/c17-10-13-9-16(18-15-4-2-1-3-14(13)15)20-11-12-5-7-19-8-6-12/h1-4,9,12H,5-8,10-11H2. The minimum atomic E-state index is 0.469. The number of benzene rings is 1. The van der Waals surface area contributed by atoms with Crippen LogP contribution in [0.25, 0.3) is 10.9 Å². The van der Waals surface area contributed by atoms with Crippen LogP contribution in [0.1, 0.15) is 18.4 Å². The molecule has 1 aliphatic heterocycles. The Labute approximate surface area is 123 Å². The second kappa shape index (κ2) is 6.42. The molecular formula is C16H18ClNO2. The molecule has 1 aromatic heterocycles. The molecule has 0 saturated carbocycles. The molecule has 0 aliphatic carbocycles. The summed E-state index contributed by atoms with van der Waals surface area (Å²) in [5.41, 5.74) is 2.01. The Bertz CT molecular complexity index is 582. The lowest BCUT2D eigenvalue weighted by Gasteiger charge is -2.22. The second-order valence-corrected chi connectivity index (χ2v) is 5.40. The van der Waals surface area contributed by atoms with Gasteiger partial charge in [0, 0.05) is 30.5 Å². The average Bonchev–Trinajstić information content (AvgIpc) is 2.53. The van der Waals surface area contributed by atoms with Gasteiger partial charge in [-0.3, -0.25) is 0 Å². The van der Waals surface area contributed by atoms with Crippen molar-refractivity contribution in [3.05, 3.63) is 35.9 Å². The van der Waals surface area contributed by atoms with Gasteiger partial charge in [-0.15, -0.1) is 11.6 Å². The molecule has 3 nitrogen and oxygen atoms in total. The predicted molar refractivity (Wildman–Crippen MR) is 80.3 cm³/mol. The molecule has 2 aromatic rings. The number of pyridine rings is 1. The van der Waals surface area contributed by atoms with Crippen LogP contribution in [0.4, 0.5) is 0 Å². The SMILES string of the molecule is ClCc1cc(OCC2CCOCC2)nc2ccccc12. The van der Waals surface area contributed by atoms with E-state index in [1.165, 1.54) is 0 Å². The molecular weight excluding hydrogens is 274 g/mol. The highest BCUT2D eigenvalue weighted by molar-refractivity contribution is 6.18. The molecule has 1 aliphatic rings. The number of para-hydroxylation sites is 1. The molecule has 106 valence electrons. The summed E-state index contributed by atoms with van der Waals surface area (Å²) in [7, 11) is 0. The number of aromatic nitrogens is 1. The third kappa shape index (κ3) is 3.05. The Hall–Kier alpha value is -1.32. The van der Waals surface area contributed by atoms with Crippen molar-refractivity contribution in [2.45, 2.75) is 18.7 Å². The molecule has 0 spiro atoms. The summed E-state index contributed by atoms with van der Waals surface area (Å²) in [6.07, 6.45) is 2.13. The number of ether oxygens (including phenoxy) is 2. The van der Waals surface area contributed by atoms with E-state index in [1.54, 1.807) is 0 Å². The van der Waals surface area contributed by atoms with Crippen LogP contribution >= 0.6 is 11.6 Å². The Morgan fingerprint density at radius 3 is 2.85 bits per heavy atom. The first-order valence-corrected chi connectivity index (χ1v) is 7.55. The Morgan fingerprint density at radius 2 is 2.05 bits per heavy atom. The Balaban J connectivity index is 1.77. The summed E-state index contributed by atoms with van der Waals surface area (Å²) >= 11 is 6.03. The molecule has 0 radical (unpaired) electrons. The van der Waals surface area contributed by atoms with Gasteiger partial charge < -0.3 is 9.47 Å². The van der Waals surface area contributed by atoms with Crippen molar-refractivity contribution in [2.24, 2.45) is 5.92 Å². The summed E-state index contributed by atoms with van der Waals surface area (Å²) < 4.78 is 11.2. The zero-order valence-corrected chi connectivity index (χ0v) is 12.1. The van der Waals surface area contributed by atoms with Crippen molar-refractivity contribution >= 4 is 22.5 Å². The fourth-order valence-electron chi connectivity index (χ4n) is 2.52. The lowest BCUT2D eigenvalue weighted by molar-refractivity contribution is 0.0491. The Morgan fingerprint density at radius 1 is 1.25 bits per heavy atom. The fraction of sp³-hybridized carbons (Fsp3) is 0.438. The van der Waals surface area contributed by atoms with Gasteiger partial charge in [-0.05, 0) is 30.4 Å². The van der Waals surface area contributed by atoms with Crippen molar-refractivity contribution in [1.29, 1.82) is 0 Å². The molecule has 20 heavy (non-hydrogen) atoms. The molecule has 0 unspecified atom stereocenters. The third-order valence-corrected chi connectivity index (χ3v) is 4.02. The molecule has 4 heteroatoms. The van der Waals surface area contributed by atoms with E-state index in [0.29, 0.717) is 24.3 Å². The molecule has 1 saturated heterocycles. The highest BCUT2D eigenvalue weighted by Crippen LogP contribution is 2.24. The van der Waals surface area contributed by atoms with E-state index < -0.39 is 0 Å². The van der Waals surface area contributed by atoms with Crippen molar-refractivity contribution < 1.29 is 9.47 Å². The molecule has 2 heterocycles. The number of fused-ring (bicyclic) bond motifs is 1. The van der Waals surface area contributed by atoms with Crippen molar-refractivity contribution in [3.8, 4) is 5.88 Å². The molecule has 0 bridgehead atoms. The molecule has 0 atom stereocenters. The van der Waals surface area contributed by atoms with Crippen LogP contribution in [0.3, 0.4) is 0 Å². The number of hydrogen-bond donors (Lipinski definition) is 0. The topological polar surface area (TPSA) is 31.4 Å². The van der Waals surface area contributed by atoms with Crippen LogP contribution in [-0.4, -0.2) is 24.8 Å². The van der Waals surface area contributed by atoms with Gasteiger partial charge in [0.1, 0.15) is 0 Å². The number of rotatable bonds is 4. The minimum absolute atomic E-state index is 0.469. The van der Waals surface area contributed by atoms with E-state index in [4.69, 9.17) is 21.1 Å². The van der Waals surface area contributed by atoms with E-state index in [-0.39, 0.29) is 0 Å². The van der Waals surface area contributed by atoms with Crippen LogP contribution in [0, 0.1) is 5.92 Å². The van der Waals surface area contributed by atoms with Crippen LogP contribution in [0.15, 0.2) is 30.3 Å². The van der Waals surface area contributed by atoms with Crippen LogP contribution in [0.2, 0.25) is 0 Å². The first-order valence-electron chi connectivity index (χ1n) is 7.02. The first kappa shape index (κ1) is 13.7. The van der Waals surface area contributed by atoms with Crippen LogP contribution < -0.4 is 4.74 Å². The fourth-order valence-corrected chi connectivity index (χ4v) is 2.74. The van der Waals surface area contributed by atoms with Gasteiger partial charge in [-0.2, -0.15) is 0 Å². The summed E-state index contributed by atoms with van der Waals surface area (Å²) in [5, 5.41) is 1.10. The van der Waals surface area contributed by atoms with Crippen LogP contribution in [0.5, 0.6) is 5.88 Å². The zero-order chi connectivity index (χ0) is 13.8. The van der Waals surface area contributed by atoms with Gasteiger partial charge in [0.05, 0.1) is 12.1 Å². The van der Waals surface area contributed by atoms with E-state index in [2.05, 4.69) is 4.98 Å². The summed E-state index contributed by atoms with van der Waals surface area (Å²) in [6, 6.07) is 9.97. The lowest BCUT2D eigenvalue weighted by Crippen LogP contribution is -2.21. The minimum Gasteiger partial charge on any atom is -0.477 e. The van der Waals surface area contributed by atoms with E-state index in [1.807, 2.05) is 30.3 Å². The van der Waals surface area contributed by atoms with Gasteiger partial charge in [0.15, 0.2) is 0 Å². The van der Waals surface area contributed by atoms with E-state index >= 15 is 0 Å². The quantitative estimate of drug-likeness (QED) is 0.803. The van der Waals surface area contributed by atoms with Gasteiger partial charge in [-0.1, -0.05) is 18.2 Å². The summed E-state index contributed by atoms with van der Waals surface area (Å²) in [5.74, 6) is 1.71. The molecule has 1 fully saturated rings. The maximum absolute atomic E-state index is 6.03. The van der Waals surface area contributed by atoms with Gasteiger partial charge in [0.2, 0.25) is 5.88 Å². The van der Waals surface area contributed by atoms with Crippen molar-refractivity contribution in [3.63, 3.8) is 0 Å². The lowest BCUT2D eigenvalue weighted by atomic mass is 10.0. The monoisotopic (exact) mass is 291 g/mol. The largest absolute Gasteiger partial charge is 0.477 e. The average molecular weight is 292 g/mol. The van der Waals surface area contributed by atoms with Crippen molar-refractivity contribution in [1.82, 2.24) is 4.98 Å². The number of hydrogen-bond acceptors (Lipinski definition) is 3. The van der Waals surface area contributed by atoms with Gasteiger partial charge >= 0.3 is 0 Å². The summed E-state index contributed by atoms with van der Waals surface area (Å²) in [4.78, 5) is 4.56. The van der Waals surface area contributed by atoms with Gasteiger partial charge in [0.25, 0.3) is 0 Å². The normalized spacial score (nSPS) is 16.4. The van der Waals surface area contributed by atoms with Crippen LogP contribution in [-0.2, 0) is 10.6 Å². The maximum Gasteiger partial charge on any atom is 0.214 e. The third-order valence-electron chi connectivity index (χ3n) is 3.73. The molecule has 0 amide bonds. The van der Waals surface area contributed by atoms with Gasteiger partial charge in [-0.25, -0.2) is 4.98 Å². The van der Waals surface area contributed by atoms with E-state index in [9.17, 15) is 0 Å². The highest BCUT2D eigenvalue weighted by atomic mass is 35.5. The highest BCUT2D eigenvalue weighted by Gasteiger charge is 2.15. The summed E-state index contributed by atoms with van der Waals surface area (Å²) in [6.45, 7) is 2.38.